The average molecular weight is 486 g/mol. The number of carbonyl (C=O) groups is 1. The number of rotatable bonds is 6. The van der Waals surface area contributed by atoms with Crippen LogP contribution in [0.2, 0.25) is 0 Å². The highest BCUT2D eigenvalue weighted by Gasteiger charge is 2.13. The molecule has 0 unspecified atom stereocenters. The molecular weight excluding hydrogens is 461 g/mol. The first-order valence-corrected chi connectivity index (χ1v) is 11.3. The van der Waals surface area contributed by atoms with Crippen LogP contribution in [0.5, 0.6) is 0 Å². The van der Waals surface area contributed by atoms with Crippen molar-refractivity contribution in [2.75, 3.05) is 0 Å². The lowest BCUT2D eigenvalue weighted by Gasteiger charge is -2.09. The summed E-state index contributed by atoms with van der Waals surface area (Å²) in [7, 11) is 0. The standard InChI is InChI=1S/C27H24FN5OS/c1-17(2)18(3)15-31-27(35)32-26(34)14-21-4-5-22(12-23(21)28)24-16-30-25-13-20(8-11-33(24)25)19-6-9-29-10-7-19/h4-13,15-16H,1,14H2,2-3H3,(H2,31,32,34,35)/b18-15+. The van der Waals surface area contributed by atoms with E-state index < -0.39 is 11.7 Å². The predicted molar refractivity (Wildman–Crippen MR) is 140 cm³/mol. The summed E-state index contributed by atoms with van der Waals surface area (Å²) < 4.78 is 16.8. The molecular formula is C27H24FN5OS. The van der Waals surface area contributed by atoms with Gasteiger partial charge in [0.1, 0.15) is 11.5 Å². The fraction of sp³-hybridized carbons (Fsp3) is 0.111. The molecule has 0 fully saturated rings. The van der Waals surface area contributed by atoms with Crippen molar-refractivity contribution in [1.82, 2.24) is 25.0 Å². The molecule has 0 aliphatic heterocycles. The Morgan fingerprint density at radius 1 is 1.11 bits per heavy atom. The van der Waals surface area contributed by atoms with E-state index in [-0.39, 0.29) is 17.1 Å². The number of hydrogen-bond acceptors (Lipinski definition) is 4. The molecule has 6 nitrogen and oxygen atoms in total. The summed E-state index contributed by atoms with van der Waals surface area (Å²) >= 11 is 5.12. The number of aromatic nitrogens is 3. The van der Waals surface area contributed by atoms with Crippen LogP contribution < -0.4 is 10.6 Å². The number of nitrogens with zero attached hydrogens (tertiary/aromatic N) is 3. The van der Waals surface area contributed by atoms with Crippen LogP contribution in [0.25, 0.3) is 28.0 Å². The minimum Gasteiger partial charge on any atom is -0.339 e. The molecule has 176 valence electrons. The smallest absolute Gasteiger partial charge is 0.230 e. The van der Waals surface area contributed by atoms with Gasteiger partial charge < -0.3 is 10.6 Å². The normalized spacial score (nSPS) is 11.3. The van der Waals surface area contributed by atoms with Crippen LogP contribution in [0, 0.1) is 5.82 Å². The van der Waals surface area contributed by atoms with Crippen LogP contribution in [0.1, 0.15) is 19.4 Å². The van der Waals surface area contributed by atoms with Gasteiger partial charge in [0.05, 0.1) is 18.3 Å². The molecule has 0 saturated heterocycles. The van der Waals surface area contributed by atoms with Crippen molar-refractivity contribution in [3.05, 3.63) is 103 Å². The average Bonchev–Trinajstić information content (AvgIpc) is 3.27. The molecule has 0 radical (unpaired) electrons. The molecule has 8 heteroatoms. The monoisotopic (exact) mass is 485 g/mol. The maximum Gasteiger partial charge on any atom is 0.230 e. The molecule has 3 heterocycles. The van der Waals surface area contributed by atoms with Gasteiger partial charge in [-0.2, -0.15) is 0 Å². The highest BCUT2D eigenvalue weighted by molar-refractivity contribution is 7.80. The van der Waals surface area contributed by atoms with E-state index in [1.165, 1.54) is 6.07 Å². The van der Waals surface area contributed by atoms with Crippen molar-refractivity contribution >= 4 is 28.9 Å². The summed E-state index contributed by atoms with van der Waals surface area (Å²) in [6.07, 6.45) is 8.62. The van der Waals surface area contributed by atoms with Crippen molar-refractivity contribution < 1.29 is 9.18 Å². The molecule has 0 atom stereocenters. The topological polar surface area (TPSA) is 71.3 Å². The molecule has 4 rings (SSSR count). The Morgan fingerprint density at radius 3 is 2.60 bits per heavy atom. The van der Waals surface area contributed by atoms with Gasteiger partial charge in [-0.3, -0.25) is 14.2 Å². The zero-order chi connectivity index (χ0) is 24.9. The molecule has 0 spiro atoms. The Kier molecular flexibility index (Phi) is 7.12. The van der Waals surface area contributed by atoms with Crippen LogP contribution in [0.3, 0.4) is 0 Å². The first-order chi connectivity index (χ1) is 16.8. The van der Waals surface area contributed by atoms with Crippen molar-refractivity contribution in [2.24, 2.45) is 0 Å². The van der Waals surface area contributed by atoms with Gasteiger partial charge in [0, 0.05) is 30.4 Å². The number of carbonyl (C=O) groups excluding carboxylic acids is 1. The molecule has 0 saturated carbocycles. The zero-order valence-electron chi connectivity index (χ0n) is 19.4. The van der Waals surface area contributed by atoms with Gasteiger partial charge >= 0.3 is 0 Å². The molecule has 2 N–H and O–H groups in total. The summed E-state index contributed by atoms with van der Waals surface area (Å²) in [6.45, 7) is 7.57. The number of benzene rings is 1. The Labute approximate surface area is 208 Å². The number of pyridine rings is 2. The van der Waals surface area contributed by atoms with E-state index in [1.54, 1.807) is 36.9 Å². The number of thiocarbonyl (C=S) groups is 1. The Balaban J connectivity index is 1.47. The quantitative estimate of drug-likeness (QED) is 0.290. The highest BCUT2D eigenvalue weighted by atomic mass is 32.1. The van der Waals surface area contributed by atoms with Crippen molar-refractivity contribution in [2.45, 2.75) is 20.3 Å². The lowest BCUT2D eigenvalue weighted by Crippen LogP contribution is -2.37. The Morgan fingerprint density at radius 2 is 1.89 bits per heavy atom. The van der Waals surface area contributed by atoms with Crippen LogP contribution in [-0.4, -0.2) is 25.4 Å². The predicted octanol–water partition coefficient (Wildman–Crippen LogP) is 5.22. The lowest BCUT2D eigenvalue weighted by atomic mass is 10.1. The largest absolute Gasteiger partial charge is 0.339 e. The van der Waals surface area contributed by atoms with Crippen molar-refractivity contribution in [3.8, 4) is 22.4 Å². The van der Waals surface area contributed by atoms with Gasteiger partial charge in [-0.15, -0.1) is 0 Å². The molecule has 3 aromatic heterocycles. The van der Waals surface area contributed by atoms with Gasteiger partial charge in [-0.05, 0) is 78.7 Å². The summed E-state index contributed by atoms with van der Waals surface area (Å²) in [5.41, 5.74) is 6.28. The van der Waals surface area contributed by atoms with E-state index in [0.29, 0.717) is 5.56 Å². The molecule has 0 bridgehead atoms. The summed E-state index contributed by atoms with van der Waals surface area (Å²) in [6, 6.07) is 12.6. The maximum atomic E-state index is 14.9. The van der Waals surface area contributed by atoms with Gasteiger partial charge in [0.15, 0.2) is 5.11 Å². The number of imidazole rings is 1. The fourth-order valence-corrected chi connectivity index (χ4v) is 3.62. The van der Waals surface area contributed by atoms with Crippen molar-refractivity contribution in [3.63, 3.8) is 0 Å². The molecule has 0 aliphatic rings. The molecule has 4 aromatic rings. The van der Waals surface area contributed by atoms with Crippen molar-refractivity contribution in [1.29, 1.82) is 0 Å². The highest BCUT2D eigenvalue weighted by Crippen LogP contribution is 2.26. The third-order valence-electron chi connectivity index (χ3n) is 5.57. The number of amides is 1. The second kappa shape index (κ2) is 10.4. The van der Waals surface area contributed by atoms with Crippen LogP contribution in [0.15, 0.2) is 91.2 Å². The minimum absolute atomic E-state index is 0.139. The van der Waals surface area contributed by atoms with Crippen LogP contribution in [0.4, 0.5) is 4.39 Å². The number of nitrogens with one attached hydrogen (secondary N) is 2. The Hall–Kier alpha value is -4.17. The third-order valence-corrected chi connectivity index (χ3v) is 5.79. The Bertz CT molecular complexity index is 1460. The molecule has 1 amide bonds. The van der Waals surface area contributed by atoms with Gasteiger partial charge in [0.25, 0.3) is 0 Å². The van der Waals surface area contributed by atoms with Gasteiger partial charge in [0.2, 0.25) is 5.91 Å². The summed E-state index contributed by atoms with van der Waals surface area (Å²) in [4.78, 5) is 20.9. The summed E-state index contributed by atoms with van der Waals surface area (Å²) in [5.74, 6) is -0.883. The second-order valence-electron chi connectivity index (χ2n) is 8.14. The van der Waals surface area contributed by atoms with Gasteiger partial charge in [-0.25, -0.2) is 9.37 Å². The fourth-order valence-electron chi connectivity index (χ4n) is 3.45. The van der Waals surface area contributed by atoms with E-state index in [9.17, 15) is 9.18 Å². The number of halogens is 1. The van der Waals surface area contributed by atoms with Gasteiger partial charge in [-0.1, -0.05) is 24.3 Å². The van der Waals surface area contributed by atoms with Crippen LogP contribution in [-0.2, 0) is 11.2 Å². The van der Waals surface area contributed by atoms with E-state index in [2.05, 4.69) is 27.2 Å². The van der Waals surface area contributed by atoms with E-state index in [0.717, 1.165) is 33.6 Å². The van der Waals surface area contributed by atoms with E-state index in [1.807, 2.05) is 48.7 Å². The minimum atomic E-state index is -0.474. The second-order valence-corrected chi connectivity index (χ2v) is 8.54. The maximum absolute atomic E-state index is 14.9. The third kappa shape index (κ3) is 5.67. The number of allylic oxidation sites excluding steroid dienone is 2. The van der Waals surface area contributed by atoms with Crippen LogP contribution >= 0.6 is 12.2 Å². The first kappa shape index (κ1) is 24.0. The molecule has 0 aliphatic carbocycles. The SMILES string of the molecule is C=C(C)/C(C)=C/NC(=S)NC(=O)Cc1ccc(-c2cnc3cc(-c4ccncc4)ccn23)cc1F. The number of fused-ring (bicyclic) bond motifs is 1. The first-order valence-electron chi connectivity index (χ1n) is 10.9. The summed E-state index contributed by atoms with van der Waals surface area (Å²) in [5, 5.41) is 5.52. The number of hydrogen-bond donors (Lipinski definition) is 2. The van der Waals surface area contributed by atoms with E-state index >= 15 is 0 Å². The molecule has 1 aromatic carbocycles. The zero-order valence-corrected chi connectivity index (χ0v) is 20.2. The molecule has 35 heavy (non-hydrogen) atoms. The lowest BCUT2D eigenvalue weighted by molar-refractivity contribution is -0.119. The van der Waals surface area contributed by atoms with E-state index in [4.69, 9.17) is 12.2 Å².